The summed E-state index contributed by atoms with van der Waals surface area (Å²) < 4.78 is 8.31. The molecule has 0 radical (unpaired) electrons. The third kappa shape index (κ3) is 4.59. The normalized spacial score (nSPS) is 11.9. The average molecular weight is 670 g/mol. The van der Waals surface area contributed by atoms with E-state index < -0.39 is 8.07 Å². The van der Waals surface area contributed by atoms with Gasteiger partial charge in [-0.1, -0.05) is 140 Å². The van der Waals surface area contributed by atoms with Gasteiger partial charge < -0.3 is 4.42 Å². The van der Waals surface area contributed by atoms with Crippen LogP contribution in [0.4, 0.5) is 0 Å². The van der Waals surface area contributed by atoms with Crippen molar-refractivity contribution in [2.24, 2.45) is 0 Å². The highest BCUT2D eigenvalue weighted by Gasteiger charge is 2.41. The van der Waals surface area contributed by atoms with Gasteiger partial charge in [0.2, 0.25) is 0 Å². The topological polar surface area (TPSA) is 43.9 Å². The smallest absolute Gasteiger partial charge is 0.179 e. The number of rotatable bonds is 6. The highest BCUT2D eigenvalue weighted by molar-refractivity contribution is 7.19. The van der Waals surface area contributed by atoms with Gasteiger partial charge in [-0.05, 0) is 74.3 Å². The van der Waals surface area contributed by atoms with Crippen LogP contribution in [-0.2, 0) is 0 Å². The largest absolute Gasteiger partial charge is 0.453 e. The standard InChI is InChI=1S/C46H31N3OSi/c1-4-15-34(16-5-1)51(35-17-6-2-7-18-35,36-19-8-3-9-20-36)37-21-12-14-32(30-37)33-25-26-41-39(31-33)38-22-10-11-23-40(38)49(41)44-28-27-43-46(48-44)45-42(50-43)24-13-29-47-45/h1-31H. The van der Waals surface area contributed by atoms with Gasteiger partial charge in [-0.25, -0.2) is 4.98 Å². The minimum Gasteiger partial charge on any atom is -0.453 e. The highest BCUT2D eigenvalue weighted by atomic mass is 28.3. The first kappa shape index (κ1) is 29.4. The summed E-state index contributed by atoms with van der Waals surface area (Å²) in [4.78, 5) is 9.70. The first-order valence-electron chi connectivity index (χ1n) is 17.2. The lowest BCUT2D eigenvalue weighted by molar-refractivity contribution is 0.667. The summed E-state index contributed by atoms with van der Waals surface area (Å²) in [7, 11) is -2.66. The van der Waals surface area contributed by atoms with Crippen molar-refractivity contribution in [3.8, 4) is 16.9 Å². The fourth-order valence-electron chi connectivity index (χ4n) is 7.98. The Kier molecular flexibility index (Phi) is 6.79. The van der Waals surface area contributed by atoms with Crippen LogP contribution in [-0.4, -0.2) is 22.6 Å². The Morgan fingerprint density at radius 3 is 1.76 bits per heavy atom. The summed E-state index contributed by atoms with van der Waals surface area (Å²) in [6.45, 7) is 0. The van der Waals surface area contributed by atoms with Crippen LogP contribution < -0.4 is 20.7 Å². The summed E-state index contributed by atoms with van der Waals surface area (Å²) in [6.07, 6.45) is 1.79. The molecule has 0 aliphatic heterocycles. The number of aromatic nitrogens is 3. The third-order valence-electron chi connectivity index (χ3n) is 10.2. The molecule has 0 spiro atoms. The monoisotopic (exact) mass is 669 g/mol. The molecule has 0 amide bonds. The molecule has 5 heteroatoms. The van der Waals surface area contributed by atoms with Crippen LogP contribution in [0.15, 0.2) is 193 Å². The first-order chi connectivity index (χ1) is 25.3. The van der Waals surface area contributed by atoms with E-state index in [2.05, 4.69) is 167 Å². The number of hydrogen-bond donors (Lipinski definition) is 0. The summed E-state index contributed by atoms with van der Waals surface area (Å²) in [6, 6.07) is 65.8. The molecule has 0 N–H and O–H groups in total. The van der Waals surface area contributed by atoms with E-state index in [-0.39, 0.29) is 0 Å². The molecule has 0 atom stereocenters. The van der Waals surface area contributed by atoms with E-state index in [4.69, 9.17) is 9.40 Å². The zero-order chi connectivity index (χ0) is 33.8. The van der Waals surface area contributed by atoms with E-state index in [1.807, 2.05) is 24.3 Å². The van der Waals surface area contributed by atoms with Crippen LogP contribution in [0.25, 0.3) is 61.0 Å². The van der Waals surface area contributed by atoms with Crippen molar-refractivity contribution >= 4 is 72.8 Å². The molecule has 0 unspecified atom stereocenters. The first-order valence-corrected chi connectivity index (χ1v) is 19.2. The number of para-hydroxylation sites is 1. The van der Waals surface area contributed by atoms with Crippen LogP contribution in [0.2, 0.25) is 0 Å². The molecule has 0 saturated heterocycles. The summed E-state index contributed by atoms with van der Waals surface area (Å²) >= 11 is 0. The van der Waals surface area contributed by atoms with Gasteiger partial charge in [-0.3, -0.25) is 9.55 Å². The SMILES string of the molecule is c1ccc([Si](c2ccccc2)(c2ccccc2)c2cccc(-c3ccc4c(c3)c3ccccc3n4-c3ccc4oc5cccnc5c4n3)c2)cc1. The minimum absolute atomic E-state index is 0.733. The third-order valence-corrected chi connectivity index (χ3v) is 15.0. The quantitative estimate of drug-likeness (QED) is 0.132. The lowest BCUT2D eigenvalue weighted by Crippen LogP contribution is -2.74. The van der Waals surface area contributed by atoms with Gasteiger partial charge in [-0.2, -0.15) is 0 Å². The zero-order valence-electron chi connectivity index (χ0n) is 27.6. The van der Waals surface area contributed by atoms with E-state index in [1.54, 1.807) is 6.20 Å². The lowest BCUT2D eigenvalue weighted by Gasteiger charge is -2.34. The van der Waals surface area contributed by atoms with Gasteiger partial charge in [0.1, 0.15) is 16.9 Å². The van der Waals surface area contributed by atoms with Crippen LogP contribution in [0.5, 0.6) is 0 Å². The number of benzene rings is 6. The molecule has 0 saturated carbocycles. The molecule has 10 aromatic rings. The maximum absolute atomic E-state index is 6.05. The molecular weight excluding hydrogens is 639 g/mol. The molecule has 0 fully saturated rings. The van der Waals surface area contributed by atoms with Crippen molar-refractivity contribution in [2.45, 2.75) is 0 Å². The predicted molar refractivity (Wildman–Crippen MR) is 213 cm³/mol. The zero-order valence-corrected chi connectivity index (χ0v) is 28.6. The highest BCUT2D eigenvalue weighted by Crippen LogP contribution is 2.35. The maximum Gasteiger partial charge on any atom is 0.179 e. The Morgan fingerprint density at radius 1 is 0.431 bits per heavy atom. The van der Waals surface area contributed by atoms with Gasteiger partial charge in [0.25, 0.3) is 0 Å². The van der Waals surface area contributed by atoms with Crippen molar-refractivity contribution in [1.29, 1.82) is 0 Å². The van der Waals surface area contributed by atoms with Crippen molar-refractivity contribution in [1.82, 2.24) is 14.5 Å². The molecule has 0 bridgehead atoms. The predicted octanol–water partition coefficient (Wildman–Crippen LogP) is 8.52. The van der Waals surface area contributed by atoms with Crippen LogP contribution in [0.3, 0.4) is 0 Å². The Bertz CT molecular complexity index is 2760. The Hall–Kier alpha value is -6.56. The van der Waals surface area contributed by atoms with E-state index in [0.717, 1.165) is 39.1 Å². The fourth-order valence-corrected chi connectivity index (χ4v) is 12.8. The number of fused-ring (bicyclic) bond motifs is 6. The van der Waals surface area contributed by atoms with Gasteiger partial charge >= 0.3 is 0 Å². The number of pyridine rings is 2. The molecule has 0 aliphatic carbocycles. The second kappa shape index (κ2) is 11.8. The van der Waals surface area contributed by atoms with Crippen molar-refractivity contribution in [3.63, 3.8) is 0 Å². The van der Waals surface area contributed by atoms with Crippen LogP contribution >= 0.6 is 0 Å². The second-order valence-electron chi connectivity index (χ2n) is 13.0. The molecule has 51 heavy (non-hydrogen) atoms. The van der Waals surface area contributed by atoms with Crippen LogP contribution in [0.1, 0.15) is 0 Å². The van der Waals surface area contributed by atoms with E-state index >= 15 is 0 Å². The Balaban J connectivity index is 1.17. The minimum atomic E-state index is -2.66. The Morgan fingerprint density at radius 2 is 1.04 bits per heavy atom. The van der Waals surface area contributed by atoms with Gasteiger partial charge in [0.05, 0.1) is 11.0 Å². The molecule has 4 aromatic heterocycles. The molecule has 0 aliphatic rings. The fraction of sp³-hybridized carbons (Fsp3) is 0. The molecule has 10 rings (SSSR count). The van der Waals surface area contributed by atoms with Crippen molar-refractivity contribution in [3.05, 3.63) is 188 Å². The van der Waals surface area contributed by atoms with E-state index in [1.165, 1.54) is 42.6 Å². The number of nitrogens with zero attached hydrogens (tertiary/aromatic N) is 3. The molecule has 240 valence electrons. The number of furan rings is 1. The second-order valence-corrected chi connectivity index (χ2v) is 16.8. The average Bonchev–Trinajstić information content (AvgIpc) is 3.75. The maximum atomic E-state index is 6.05. The molecular formula is C46H31N3OSi. The van der Waals surface area contributed by atoms with Gasteiger partial charge in [-0.15, -0.1) is 0 Å². The molecule has 6 aromatic carbocycles. The number of hydrogen-bond acceptors (Lipinski definition) is 3. The van der Waals surface area contributed by atoms with Gasteiger partial charge in [0, 0.05) is 17.0 Å². The van der Waals surface area contributed by atoms with Crippen molar-refractivity contribution < 1.29 is 4.42 Å². The van der Waals surface area contributed by atoms with Crippen molar-refractivity contribution in [2.75, 3.05) is 0 Å². The van der Waals surface area contributed by atoms with E-state index in [9.17, 15) is 0 Å². The summed E-state index contributed by atoms with van der Waals surface area (Å²) in [5.74, 6) is 0.834. The summed E-state index contributed by atoms with van der Waals surface area (Å²) in [5, 5.41) is 7.81. The van der Waals surface area contributed by atoms with E-state index in [0.29, 0.717) is 0 Å². The lowest BCUT2D eigenvalue weighted by atomic mass is 10.0. The molecule has 4 nitrogen and oxygen atoms in total. The van der Waals surface area contributed by atoms with Gasteiger partial charge in [0.15, 0.2) is 19.2 Å². The summed E-state index contributed by atoms with van der Waals surface area (Å²) in [5.41, 5.74) is 7.60. The Labute approximate surface area is 295 Å². The molecule has 4 heterocycles. The van der Waals surface area contributed by atoms with Crippen LogP contribution in [0, 0.1) is 0 Å².